The third kappa shape index (κ3) is 3.75. The van der Waals surface area contributed by atoms with E-state index in [9.17, 15) is 0 Å². The molecule has 2 aromatic heterocycles. The Bertz CT molecular complexity index is 959. The monoisotopic (exact) mass is 379 g/mol. The van der Waals surface area contributed by atoms with E-state index in [1.54, 1.807) is 7.11 Å². The van der Waals surface area contributed by atoms with Crippen LogP contribution in [0.15, 0.2) is 36.5 Å². The first-order chi connectivity index (χ1) is 13.5. The summed E-state index contributed by atoms with van der Waals surface area (Å²) in [6, 6.07) is 11.1. The van der Waals surface area contributed by atoms with Crippen molar-refractivity contribution in [1.29, 1.82) is 0 Å². The normalized spacial score (nSPS) is 17.1. The molecule has 1 saturated heterocycles. The Hall–Kier alpha value is -2.44. The Kier molecular flexibility index (Phi) is 5.33. The number of hydrogen-bond acceptors (Lipinski definition) is 5. The van der Waals surface area contributed by atoms with Crippen molar-refractivity contribution >= 4 is 11.0 Å². The summed E-state index contributed by atoms with van der Waals surface area (Å²) in [7, 11) is 3.67. The van der Waals surface area contributed by atoms with Gasteiger partial charge in [-0.1, -0.05) is 12.1 Å². The number of ether oxygens (including phenoxy) is 1. The van der Waals surface area contributed by atoms with Crippen LogP contribution in [0.4, 0.5) is 0 Å². The summed E-state index contributed by atoms with van der Waals surface area (Å²) in [4.78, 5) is 9.69. The van der Waals surface area contributed by atoms with Gasteiger partial charge in [0, 0.05) is 57.4 Å². The van der Waals surface area contributed by atoms with Gasteiger partial charge in [-0.3, -0.25) is 14.5 Å². The summed E-state index contributed by atoms with van der Waals surface area (Å²) in [6.45, 7) is 9.55. The van der Waals surface area contributed by atoms with Gasteiger partial charge in [0.05, 0.1) is 12.8 Å². The van der Waals surface area contributed by atoms with Gasteiger partial charge in [-0.25, -0.2) is 4.98 Å². The molecule has 4 rings (SSSR count). The molecule has 1 atom stereocenters. The average Bonchev–Trinajstić information content (AvgIpc) is 3.01. The van der Waals surface area contributed by atoms with Gasteiger partial charge in [0.1, 0.15) is 5.75 Å². The van der Waals surface area contributed by atoms with E-state index < -0.39 is 0 Å². The first-order valence-corrected chi connectivity index (χ1v) is 9.93. The van der Waals surface area contributed by atoms with E-state index in [0.29, 0.717) is 6.04 Å². The van der Waals surface area contributed by atoms with Crippen LogP contribution in [0.3, 0.4) is 0 Å². The highest BCUT2D eigenvalue weighted by atomic mass is 16.5. The number of rotatable bonds is 5. The number of fused-ring (bicyclic) bond motifs is 1. The molecule has 6 nitrogen and oxygen atoms in total. The number of hydrogen-bond donors (Lipinski definition) is 0. The highest BCUT2D eigenvalue weighted by Crippen LogP contribution is 2.25. The Balaban J connectivity index is 1.38. The van der Waals surface area contributed by atoms with Crippen LogP contribution >= 0.6 is 0 Å². The Labute approximate surface area is 166 Å². The number of nitrogens with zero attached hydrogens (tertiary/aromatic N) is 5. The summed E-state index contributed by atoms with van der Waals surface area (Å²) in [5.41, 5.74) is 4.58. The van der Waals surface area contributed by atoms with E-state index in [-0.39, 0.29) is 0 Å². The van der Waals surface area contributed by atoms with Gasteiger partial charge in [0.25, 0.3) is 0 Å². The summed E-state index contributed by atoms with van der Waals surface area (Å²) in [6.07, 6.45) is 1.99. The zero-order chi connectivity index (χ0) is 19.7. The van der Waals surface area contributed by atoms with Gasteiger partial charge in [-0.05, 0) is 43.2 Å². The number of aryl methyl sites for hydroxylation is 2. The van der Waals surface area contributed by atoms with Crippen molar-refractivity contribution in [2.45, 2.75) is 26.4 Å². The third-order valence-electron chi connectivity index (χ3n) is 5.86. The maximum Gasteiger partial charge on any atom is 0.157 e. The standard InChI is InChI=1S/C22H29N5O/c1-16-21-12-18(14-23-22(21)25(3)24-16)15-26-8-10-27(11-9-26)17(2)19-6-5-7-20(13-19)28-4/h5-7,12-14,17H,8-11,15H2,1-4H3. The number of pyridine rings is 1. The minimum absolute atomic E-state index is 0.397. The largest absolute Gasteiger partial charge is 0.497 e. The van der Waals surface area contributed by atoms with Crippen LogP contribution < -0.4 is 4.74 Å². The molecule has 1 aliphatic rings. The van der Waals surface area contributed by atoms with Crippen molar-refractivity contribution in [1.82, 2.24) is 24.6 Å². The molecule has 0 radical (unpaired) electrons. The molecule has 1 unspecified atom stereocenters. The van der Waals surface area contributed by atoms with Gasteiger partial charge in [-0.2, -0.15) is 5.10 Å². The first kappa shape index (κ1) is 18.9. The van der Waals surface area contributed by atoms with Crippen LogP contribution in [0.2, 0.25) is 0 Å². The lowest BCUT2D eigenvalue weighted by Gasteiger charge is -2.38. The van der Waals surface area contributed by atoms with E-state index >= 15 is 0 Å². The molecule has 148 valence electrons. The van der Waals surface area contributed by atoms with Gasteiger partial charge in [-0.15, -0.1) is 0 Å². The molecule has 6 heteroatoms. The smallest absolute Gasteiger partial charge is 0.157 e. The van der Waals surface area contributed by atoms with Crippen LogP contribution in [-0.2, 0) is 13.6 Å². The van der Waals surface area contributed by atoms with Crippen LogP contribution in [0.5, 0.6) is 5.75 Å². The van der Waals surface area contributed by atoms with Crippen molar-refractivity contribution in [3.63, 3.8) is 0 Å². The van der Waals surface area contributed by atoms with Gasteiger partial charge < -0.3 is 4.74 Å². The molecule has 3 aromatic rings. The minimum atomic E-state index is 0.397. The fraction of sp³-hybridized carbons (Fsp3) is 0.455. The molecule has 0 saturated carbocycles. The van der Waals surface area contributed by atoms with Crippen molar-refractivity contribution in [2.24, 2.45) is 7.05 Å². The molecular weight excluding hydrogens is 350 g/mol. The zero-order valence-corrected chi connectivity index (χ0v) is 17.2. The Morgan fingerprint density at radius 1 is 1.14 bits per heavy atom. The van der Waals surface area contributed by atoms with Crippen LogP contribution in [0.25, 0.3) is 11.0 Å². The lowest BCUT2D eigenvalue weighted by molar-refractivity contribution is 0.0977. The molecule has 1 aromatic carbocycles. The lowest BCUT2D eigenvalue weighted by atomic mass is 10.1. The van der Waals surface area contributed by atoms with Crippen LogP contribution in [-0.4, -0.2) is 57.9 Å². The lowest BCUT2D eigenvalue weighted by Crippen LogP contribution is -2.46. The zero-order valence-electron chi connectivity index (χ0n) is 17.2. The molecular formula is C22H29N5O. The van der Waals surface area contributed by atoms with E-state index in [2.05, 4.69) is 51.1 Å². The van der Waals surface area contributed by atoms with E-state index in [4.69, 9.17) is 4.74 Å². The fourth-order valence-electron chi connectivity index (χ4n) is 4.12. The van der Waals surface area contributed by atoms with Gasteiger partial charge >= 0.3 is 0 Å². The maximum atomic E-state index is 5.38. The Morgan fingerprint density at radius 3 is 2.68 bits per heavy atom. The molecule has 0 bridgehead atoms. The fourth-order valence-corrected chi connectivity index (χ4v) is 4.12. The molecule has 28 heavy (non-hydrogen) atoms. The molecule has 0 aliphatic carbocycles. The van der Waals surface area contributed by atoms with Crippen molar-refractivity contribution in [2.75, 3.05) is 33.3 Å². The molecule has 0 N–H and O–H groups in total. The van der Waals surface area contributed by atoms with Gasteiger partial charge in [0.2, 0.25) is 0 Å². The summed E-state index contributed by atoms with van der Waals surface area (Å²) >= 11 is 0. The quantitative estimate of drug-likeness (QED) is 0.681. The highest BCUT2D eigenvalue weighted by Gasteiger charge is 2.22. The Morgan fingerprint density at radius 2 is 1.93 bits per heavy atom. The predicted octanol–water partition coefficient (Wildman–Crippen LogP) is 3.16. The third-order valence-corrected chi connectivity index (χ3v) is 5.86. The maximum absolute atomic E-state index is 5.38. The average molecular weight is 380 g/mol. The summed E-state index contributed by atoms with van der Waals surface area (Å²) < 4.78 is 7.23. The van der Waals surface area contributed by atoms with Crippen molar-refractivity contribution in [3.05, 3.63) is 53.3 Å². The second kappa shape index (κ2) is 7.89. The molecule has 1 aliphatic heterocycles. The topological polar surface area (TPSA) is 46.4 Å². The van der Waals surface area contributed by atoms with E-state index in [1.807, 2.05) is 30.9 Å². The second-order valence-corrected chi connectivity index (χ2v) is 7.69. The number of methoxy groups -OCH3 is 1. The number of aromatic nitrogens is 3. The van der Waals surface area contributed by atoms with Crippen molar-refractivity contribution in [3.8, 4) is 5.75 Å². The van der Waals surface area contributed by atoms with Crippen molar-refractivity contribution < 1.29 is 4.74 Å². The SMILES string of the molecule is COc1cccc(C(C)N2CCN(Cc3cnc4c(c3)c(C)nn4C)CC2)c1. The van der Waals surface area contributed by atoms with E-state index in [0.717, 1.165) is 55.2 Å². The summed E-state index contributed by atoms with van der Waals surface area (Å²) in [5, 5.41) is 5.63. The molecule has 1 fully saturated rings. The van der Waals surface area contributed by atoms with Crippen LogP contribution in [0, 0.1) is 6.92 Å². The highest BCUT2D eigenvalue weighted by molar-refractivity contribution is 5.78. The van der Waals surface area contributed by atoms with Crippen LogP contribution in [0.1, 0.15) is 29.8 Å². The molecule has 0 spiro atoms. The number of benzene rings is 1. The molecule has 3 heterocycles. The summed E-state index contributed by atoms with van der Waals surface area (Å²) in [5.74, 6) is 0.927. The minimum Gasteiger partial charge on any atom is -0.497 e. The first-order valence-electron chi connectivity index (χ1n) is 9.93. The molecule has 0 amide bonds. The number of piperazine rings is 1. The van der Waals surface area contributed by atoms with E-state index in [1.165, 1.54) is 11.1 Å². The van der Waals surface area contributed by atoms with Gasteiger partial charge in [0.15, 0.2) is 5.65 Å². The predicted molar refractivity (Wildman–Crippen MR) is 112 cm³/mol. The second-order valence-electron chi connectivity index (χ2n) is 7.69.